The number of hydrogen-bond acceptors (Lipinski definition) is 2. The largest absolute Gasteiger partial charge is 0.457 e. The van der Waals surface area contributed by atoms with E-state index in [9.17, 15) is 0 Å². The van der Waals surface area contributed by atoms with E-state index in [1.165, 1.54) is 0 Å². The Morgan fingerprint density at radius 2 is 1.45 bits per heavy atom. The molecule has 2 nitrogen and oxygen atoms in total. The van der Waals surface area contributed by atoms with Crippen LogP contribution in [-0.4, -0.2) is 4.98 Å². The average molecular weight is 258 g/mol. The van der Waals surface area contributed by atoms with Gasteiger partial charge in [0.25, 0.3) is 0 Å². The van der Waals surface area contributed by atoms with Crippen molar-refractivity contribution in [1.82, 2.24) is 4.98 Å². The molecule has 20 heavy (non-hydrogen) atoms. The lowest BCUT2D eigenvalue weighted by molar-refractivity contribution is 0.452. The summed E-state index contributed by atoms with van der Waals surface area (Å²) in [6, 6.07) is 20.3. The third-order valence-corrected chi connectivity index (χ3v) is 3.62. The molecule has 1 aliphatic rings. The van der Waals surface area contributed by atoms with Crippen LogP contribution in [0, 0.1) is 6.20 Å². The number of pyridine rings is 1. The van der Waals surface area contributed by atoms with Crippen molar-refractivity contribution in [2.75, 3.05) is 0 Å². The molecule has 1 aliphatic heterocycles. The number of ether oxygens (including phenoxy) is 1. The van der Waals surface area contributed by atoms with Gasteiger partial charge in [-0.05, 0) is 23.8 Å². The van der Waals surface area contributed by atoms with Crippen molar-refractivity contribution in [3.63, 3.8) is 0 Å². The molecule has 0 N–H and O–H groups in total. The van der Waals surface area contributed by atoms with Gasteiger partial charge in [0, 0.05) is 23.2 Å². The maximum atomic E-state index is 5.99. The topological polar surface area (TPSA) is 22.1 Å². The first-order chi connectivity index (χ1) is 9.93. The molecule has 95 valence electrons. The minimum Gasteiger partial charge on any atom is -0.457 e. The normalized spacial score (nSPS) is 13.2. The van der Waals surface area contributed by atoms with E-state index in [1.807, 2.05) is 42.5 Å². The SMILES string of the molecule is [c]1ncccc1C1c2ccccc2Oc2ccccc21. The summed E-state index contributed by atoms with van der Waals surface area (Å²) in [7, 11) is 0. The molecule has 1 radical (unpaired) electrons. The van der Waals surface area contributed by atoms with E-state index in [0.29, 0.717) is 0 Å². The number of nitrogens with zero attached hydrogens (tertiary/aromatic N) is 1. The molecular formula is C18H12NO. The standard InChI is InChI=1S/C18H12NO/c1-3-9-16-14(7-1)18(13-6-5-11-19-12-13)15-8-2-4-10-17(15)20-16/h1-11,18H. The Labute approximate surface area is 117 Å². The van der Waals surface area contributed by atoms with Crippen LogP contribution in [0.5, 0.6) is 11.5 Å². The fraction of sp³-hybridized carbons (Fsp3) is 0.0556. The van der Waals surface area contributed by atoms with Crippen molar-refractivity contribution in [1.29, 1.82) is 0 Å². The van der Waals surface area contributed by atoms with Crippen LogP contribution in [0.15, 0.2) is 66.9 Å². The van der Waals surface area contributed by atoms with Gasteiger partial charge in [-0.2, -0.15) is 0 Å². The number of rotatable bonds is 1. The zero-order chi connectivity index (χ0) is 13.4. The van der Waals surface area contributed by atoms with Crippen molar-refractivity contribution >= 4 is 0 Å². The van der Waals surface area contributed by atoms with Crippen molar-refractivity contribution in [3.8, 4) is 11.5 Å². The summed E-state index contributed by atoms with van der Waals surface area (Å²) in [5.41, 5.74) is 3.39. The zero-order valence-electron chi connectivity index (χ0n) is 10.8. The summed E-state index contributed by atoms with van der Waals surface area (Å²) in [6.45, 7) is 0. The third kappa shape index (κ3) is 1.69. The molecule has 0 unspecified atom stereocenters. The molecule has 1 aromatic heterocycles. The smallest absolute Gasteiger partial charge is 0.131 e. The lowest BCUT2D eigenvalue weighted by Crippen LogP contribution is -2.11. The number of aromatic nitrogens is 1. The fourth-order valence-electron chi connectivity index (χ4n) is 2.74. The van der Waals surface area contributed by atoms with Gasteiger partial charge in [-0.3, -0.25) is 4.98 Å². The highest BCUT2D eigenvalue weighted by Crippen LogP contribution is 2.46. The van der Waals surface area contributed by atoms with Crippen LogP contribution in [0.4, 0.5) is 0 Å². The Morgan fingerprint density at radius 3 is 2.05 bits per heavy atom. The molecule has 0 saturated heterocycles. The van der Waals surface area contributed by atoms with Gasteiger partial charge in [-0.25, -0.2) is 0 Å². The van der Waals surface area contributed by atoms with Gasteiger partial charge >= 0.3 is 0 Å². The second kappa shape index (κ2) is 4.49. The third-order valence-electron chi connectivity index (χ3n) is 3.62. The van der Waals surface area contributed by atoms with Crippen LogP contribution in [-0.2, 0) is 0 Å². The molecule has 0 saturated carbocycles. The summed E-state index contributed by atoms with van der Waals surface area (Å²) < 4.78 is 5.99. The molecule has 0 fully saturated rings. The maximum absolute atomic E-state index is 5.99. The molecular weight excluding hydrogens is 246 g/mol. The number of hydrogen-bond donors (Lipinski definition) is 0. The van der Waals surface area contributed by atoms with Crippen LogP contribution in [0.2, 0.25) is 0 Å². The summed E-state index contributed by atoms with van der Waals surface area (Å²) in [6.07, 6.45) is 4.86. The van der Waals surface area contributed by atoms with E-state index in [0.717, 1.165) is 28.2 Å². The van der Waals surface area contributed by atoms with Crippen LogP contribution in [0.25, 0.3) is 0 Å². The molecule has 0 amide bonds. The van der Waals surface area contributed by atoms with Gasteiger partial charge < -0.3 is 4.74 Å². The molecule has 0 spiro atoms. The molecule has 2 aromatic carbocycles. The predicted molar refractivity (Wildman–Crippen MR) is 77.0 cm³/mol. The first-order valence-electron chi connectivity index (χ1n) is 6.62. The molecule has 0 atom stereocenters. The Bertz CT molecular complexity index is 707. The first kappa shape index (κ1) is 11.2. The summed E-state index contributed by atoms with van der Waals surface area (Å²) in [4.78, 5) is 4.14. The second-order valence-corrected chi connectivity index (χ2v) is 4.82. The lowest BCUT2D eigenvalue weighted by atomic mass is 9.83. The Kier molecular flexibility index (Phi) is 2.52. The monoisotopic (exact) mass is 258 g/mol. The number of fused-ring (bicyclic) bond motifs is 2. The highest BCUT2D eigenvalue weighted by atomic mass is 16.5. The van der Waals surface area contributed by atoms with Gasteiger partial charge in [-0.1, -0.05) is 42.5 Å². The van der Waals surface area contributed by atoms with E-state index in [1.54, 1.807) is 6.20 Å². The van der Waals surface area contributed by atoms with Crippen LogP contribution < -0.4 is 4.74 Å². The van der Waals surface area contributed by atoms with E-state index < -0.39 is 0 Å². The minimum atomic E-state index is 0.129. The molecule has 4 rings (SSSR count). The van der Waals surface area contributed by atoms with E-state index in [-0.39, 0.29) is 5.92 Å². The highest BCUT2D eigenvalue weighted by Gasteiger charge is 2.28. The molecule has 3 aromatic rings. The zero-order valence-corrected chi connectivity index (χ0v) is 10.8. The molecule has 0 aliphatic carbocycles. The Hall–Kier alpha value is -2.61. The quantitative estimate of drug-likeness (QED) is 0.511. The van der Waals surface area contributed by atoms with Gasteiger partial charge in [-0.15, -0.1) is 0 Å². The van der Waals surface area contributed by atoms with Crippen LogP contribution in [0.3, 0.4) is 0 Å². The summed E-state index contributed by atoms with van der Waals surface area (Å²) >= 11 is 0. The number of para-hydroxylation sites is 2. The molecule has 2 heteroatoms. The lowest BCUT2D eigenvalue weighted by Gasteiger charge is -2.28. The van der Waals surface area contributed by atoms with Crippen molar-refractivity contribution in [2.45, 2.75) is 5.92 Å². The Morgan fingerprint density at radius 1 is 0.800 bits per heavy atom. The maximum Gasteiger partial charge on any atom is 0.131 e. The van der Waals surface area contributed by atoms with Gasteiger partial charge in [0.2, 0.25) is 0 Å². The van der Waals surface area contributed by atoms with Crippen molar-refractivity contribution in [2.24, 2.45) is 0 Å². The van der Waals surface area contributed by atoms with Crippen LogP contribution in [0.1, 0.15) is 22.6 Å². The fourth-order valence-corrected chi connectivity index (χ4v) is 2.74. The van der Waals surface area contributed by atoms with E-state index >= 15 is 0 Å². The predicted octanol–water partition coefficient (Wildman–Crippen LogP) is 4.17. The van der Waals surface area contributed by atoms with Gasteiger partial charge in [0.05, 0.1) is 6.20 Å². The second-order valence-electron chi connectivity index (χ2n) is 4.82. The molecule has 2 heterocycles. The molecule has 0 bridgehead atoms. The minimum absolute atomic E-state index is 0.129. The van der Waals surface area contributed by atoms with Gasteiger partial charge in [0.1, 0.15) is 11.5 Å². The average Bonchev–Trinajstić information content (AvgIpc) is 2.53. The highest BCUT2D eigenvalue weighted by molar-refractivity contribution is 5.57. The Balaban J connectivity index is 1.98. The van der Waals surface area contributed by atoms with Crippen LogP contribution >= 0.6 is 0 Å². The van der Waals surface area contributed by atoms with Crippen molar-refractivity contribution < 1.29 is 4.74 Å². The summed E-state index contributed by atoms with van der Waals surface area (Å²) in [5.74, 6) is 1.95. The van der Waals surface area contributed by atoms with Gasteiger partial charge in [0.15, 0.2) is 0 Å². The first-order valence-corrected chi connectivity index (χ1v) is 6.62. The van der Waals surface area contributed by atoms with E-state index in [2.05, 4.69) is 29.4 Å². The van der Waals surface area contributed by atoms with E-state index in [4.69, 9.17) is 4.74 Å². The number of benzene rings is 2. The summed E-state index contributed by atoms with van der Waals surface area (Å²) in [5, 5.41) is 0. The van der Waals surface area contributed by atoms with Crippen molar-refractivity contribution in [3.05, 3.63) is 89.7 Å².